The predicted octanol–water partition coefficient (Wildman–Crippen LogP) is 7.44. The average molecular weight is 615 g/mol. The van der Waals surface area contributed by atoms with E-state index in [2.05, 4.69) is 75.7 Å². The van der Waals surface area contributed by atoms with Crippen LogP contribution in [0.15, 0.2) is 35.5 Å². The fourth-order valence-electron chi connectivity index (χ4n) is 2.53. The molecule has 0 radical (unpaired) electrons. The normalized spacial score (nSPS) is 13.4. The van der Waals surface area contributed by atoms with Crippen molar-refractivity contribution in [2.45, 2.75) is 77.8 Å². The van der Waals surface area contributed by atoms with Crippen molar-refractivity contribution in [3.8, 4) is 0 Å². The maximum atomic E-state index is 5.76. The molecule has 0 unspecified atom stereocenters. The van der Waals surface area contributed by atoms with Crippen LogP contribution in [0, 0.1) is 27.0 Å². The van der Waals surface area contributed by atoms with E-state index in [4.69, 9.17) is 8.85 Å². The Kier molecular flexibility index (Phi) is 33.8. The molecule has 0 atom stereocenters. The first-order chi connectivity index (χ1) is 13.2. The molecule has 8 heteroatoms. The molecule has 0 aromatic carbocycles. The zero-order valence-electron chi connectivity index (χ0n) is 21.8. The van der Waals surface area contributed by atoms with Crippen molar-refractivity contribution in [2.75, 3.05) is 13.2 Å². The number of hydrogen-bond donors (Lipinski definition) is 0. The van der Waals surface area contributed by atoms with Crippen LogP contribution in [-0.2, 0) is 32.2 Å². The van der Waals surface area contributed by atoms with Crippen LogP contribution in [0.4, 0.5) is 0 Å². The SMILES string of the molecule is C[Si](C)(C)OCCCC1=[C-]CC=C1.C[Si](C)(C)OCCCC1=[C-]CC=C1.Cl.Cl.[CH3-].[CH3-].[SiH2]=[Zr]. The van der Waals surface area contributed by atoms with Crippen molar-refractivity contribution in [3.63, 3.8) is 0 Å². The van der Waals surface area contributed by atoms with E-state index >= 15 is 0 Å². The molecule has 0 heterocycles. The summed E-state index contributed by atoms with van der Waals surface area (Å²) in [5.74, 6) is 0. The molecular formula is C24H48Cl2O2Si3Zr-4. The van der Waals surface area contributed by atoms with E-state index in [1.165, 1.54) is 11.1 Å². The van der Waals surface area contributed by atoms with Gasteiger partial charge in [-0.15, -0.1) is 37.7 Å². The predicted molar refractivity (Wildman–Crippen MR) is 154 cm³/mol. The molecule has 0 fully saturated rings. The Bertz CT molecular complexity index is 504. The molecule has 0 amide bonds. The number of hydrogen-bond acceptors (Lipinski definition) is 2. The first kappa shape index (κ1) is 43.1. The number of allylic oxidation sites excluding steroid dienone is 8. The summed E-state index contributed by atoms with van der Waals surface area (Å²) in [5.41, 5.74) is 2.72. The van der Waals surface area contributed by atoms with Gasteiger partial charge in [-0.3, -0.25) is 12.2 Å². The Balaban J connectivity index is -0.000000126. The zero-order chi connectivity index (χ0) is 21.5. The summed E-state index contributed by atoms with van der Waals surface area (Å²) < 4.78 is 11.5. The van der Waals surface area contributed by atoms with Crippen LogP contribution in [0.3, 0.4) is 0 Å². The van der Waals surface area contributed by atoms with Crippen LogP contribution in [0.1, 0.15) is 38.5 Å². The van der Waals surface area contributed by atoms with E-state index in [0.29, 0.717) is 0 Å². The molecule has 2 rings (SSSR count). The molecule has 2 aliphatic carbocycles. The van der Waals surface area contributed by atoms with Gasteiger partial charge < -0.3 is 23.7 Å². The third kappa shape index (κ3) is 29.0. The molecule has 0 spiro atoms. The van der Waals surface area contributed by atoms with Crippen molar-refractivity contribution < 1.29 is 32.2 Å². The second-order valence-electron chi connectivity index (χ2n) is 8.75. The van der Waals surface area contributed by atoms with Gasteiger partial charge in [0.25, 0.3) is 0 Å². The fourth-order valence-corrected chi connectivity index (χ4v) is 4.04. The monoisotopic (exact) mass is 612 g/mol. The van der Waals surface area contributed by atoms with E-state index in [0.717, 1.165) is 51.7 Å². The average Bonchev–Trinajstić information content (AvgIpc) is 3.30. The van der Waals surface area contributed by atoms with E-state index in [9.17, 15) is 0 Å². The van der Waals surface area contributed by atoms with E-state index < -0.39 is 16.6 Å². The molecule has 0 aromatic rings. The Morgan fingerprint density at radius 2 is 1.06 bits per heavy atom. The van der Waals surface area contributed by atoms with Crippen LogP contribution in [0.5, 0.6) is 0 Å². The molecular weight excluding hydrogens is 567 g/mol. The summed E-state index contributed by atoms with van der Waals surface area (Å²) in [6, 6.07) is 0. The minimum absolute atomic E-state index is 0. The van der Waals surface area contributed by atoms with Gasteiger partial charge in [0.15, 0.2) is 16.6 Å². The van der Waals surface area contributed by atoms with Gasteiger partial charge in [-0.1, -0.05) is 12.8 Å². The first-order valence-electron chi connectivity index (χ1n) is 10.3. The van der Waals surface area contributed by atoms with Crippen molar-refractivity contribution in [1.82, 2.24) is 0 Å². The Labute approximate surface area is 232 Å². The van der Waals surface area contributed by atoms with Crippen LogP contribution in [0.25, 0.3) is 0 Å². The molecule has 0 saturated heterocycles. The first-order valence-corrected chi connectivity index (χ1v) is 23.1. The standard InChI is InChI=1S/2C11H19OSi.2CH3.2ClH.H2Si.Zr/c2*1-13(2,3)12-10-6-9-11-7-4-5-8-11;;;;;;/h2*4,7H,5-6,9-10H2,1-3H3;2*1H3;2*1H;1H2;/q4*-1;;;;. The van der Waals surface area contributed by atoms with Crippen LogP contribution in [0.2, 0.25) is 39.3 Å². The van der Waals surface area contributed by atoms with Gasteiger partial charge in [0, 0.05) is 13.2 Å². The molecule has 0 aromatic heterocycles. The van der Waals surface area contributed by atoms with Gasteiger partial charge in [-0.2, -0.15) is 12.2 Å². The number of rotatable bonds is 10. The third-order valence-corrected chi connectivity index (χ3v) is 5.92. The summed E-state index contributed by atoms with van der Waals surface area (Å²) in [6.07, 6.45) is 21.8. The summed E-state index contributed by atoms with van der Waals surface area (Å²) in [7, 11) is -2.56. The van der Waals surface area contributed by atoms with Crippen molar-refractivity contribution in [3.05, 3.63) is 62.5 Å². The molecule has 0 N–H and O–H groups in total. The quantitative estimate of drug-likeness (QED) is 0.145. The van der Waals surface area contributed by atoms with E-state index in [-0.39, 0.29) is 39.7 Å². The molecule has 190 valence electrons. The van der Waals surface area contributed by atoms with Gasteiger partial charge >= 0.3 is 30.2 Å². The van der Waals surface area contributed by atoms with Gasteiger partial charge in [0.2, 0.25) is 0 Å². The summed E-state index contributed by atoms with van der Waals surface area (Å²) in [5, 5.41) is 0. The topological polar surface area (TPSA) is 18.5 Å². The number of halogens is 2. The summed E-state index contributed by atoms with van der Waals surface area (Å²) in [4.78, 5) is 0. The third-order valence-electron chi connectivity index (χ3n) is 3.78. The van der Waals surface area contributed by atoms with Gasteiger partial charge in [-0.25, -0.2) is 23.3 Å². The molecule has 0 aliphatic heterocycles. The summed E-state index contributed by atoms with van der Waals surface area (Å²) in [6.45, 7) is 17.2. The van der Waals surface area contributed by atoms with Gasteiger partial charge in [0.1, 0.15) is 0 Å². The maximum absolute atomic E-state index is 5.76. The van der Waals surface area contributed by atoms with Crippen molar-refractivity contribution >= 4 is 48.3 Å². The molecule has 32 heavy (non-hydrogen) atoms. The Hall–Kier alpha value is 0.994. The zero-order valence-corrected chi connectivity index (χ0v) is 29.3. The Morgan fingerprint density at radius 3 is 1.28 bits per heavy atom. The molecule has 2 aliphatic rings. The molecule has 0 bridgehead atoms. The second-order valence-corrected chi connectivity index (χ2v) is 17.8. The van der Waals surface area contributed by atoms with Crippen LogP contribution >= 0.6 is 24.8 Å². The molecule has 0 saturated carbocycles. The van der Waals surface area contributed by atoms with E-state index in [1.807, 2.05) is 6.88 Å². The van der Waals surface area contributed by atoms with Gasteiger partial charge in [-0.05, 0) is 52.1 Å². The Morgan fingerprint density at radius 1 is 0.750 bits per heavy atom. The van der Waals surface area contributed by atoms with E-state index in [1.54, 1.807) is 23.3 Å². The van der Waals surface area contributed by atoms with Crippen molar-refractivity contribution in [1.29, 1.82) is 0 Å². The second kappa shape index (κ2) is 25.1. The van der Waals surface area contributed by atoms with Gasteiger partial charge in [0.05, 0.1) is 0 Å². The van der Waals surface area contributed by atoms with Crippen LogP contribution in [-0.4, -0.2) is 36.7 Å². The molecule has 2 nitrogen and oxygen atoms in total. The fraction of sp³-hybridized carbons (Fsp3) is 0.583. The van der Waals surface area contributed by atoms with Crippen LogP contribution < -0.4 is 0 Å². The minimum atomic E-state index is -1.28. The van der Waals surface area contributed by atoms with Crippen molar-refractivity contribution in [2.24, 2.45) is 0 Å². The summed E-state index contributed by atoms with van der Waals surface area (Å²) >= 11 is 1.58.